The van der Waals surface area contributed by atoms with Crippen molar-refractivity contribution in [3.8, 4) is 0 Å². The van der Waals surface area contributed by atoms with Gasteiger partial charge in [-0.2, -0.15) is 0 Å². The first-order valence-corrected chi connectivity index (χ1v) is 8.13. The lowest BCUT2D eigenvalue weighted by atomic mass is 9.81. The molecule has 2 aromatic carbocycles. The van der Waals surface area contributed by atoms with Gasteiger partial charge in [0.1, 0.15) is 0 Å². The summed E-state index contributed by atoms with van der Waals surface area (Å²) in [6.45, 7) is 2.35. The predicted molar refractivity (Wildman–Crippen MR) is 89.4 cm³/mol. The molecular weight excluding hydrogens is 254 g/mol. The van der Waals surface area contributed by atoms with Crippen molar-refractivity contribution in [2.75, 3.05) is 0 Å². The molecule has 1 N–H and O–H groups in total. The highest BCUT2D eigenvalue weighted by Crippen LogP contribution is 2.27. The molecule has 110 valence electrons. The molecule has 0 unspecified atom stereocenters. The summed E-state index contributed by atoms with van der Waals surface area (Å²) in [7, 11) is 0. The molecule has 0 bridgehead atoms. The van der Waals surface area contributed by atoms with Crippen molar-refractivity contribution < 1.29 is 0 Å². The van der Waals surface area contributed by atoms with E-state index in [-0.39, 0.29) is 0 Å². The third-order valence-corrected chi connectivity index (χ3v) is 4.50. The van der Waals surface area contributed by atoms with Crippen molar-refractivity contribution in [1.82, 2.24) is 5.32 Å². The number of hydrogen-bond donors (Lipinski definition) is 1. The van der Waals surface area contributed by atoms with Crippen LogP contribution in [0.3, 0.4) is 0 Å². The van der Waals surface area contributed by atoms with Crippen molar-refractivity contribution in [1.29, 1.82) is 0 Å². The second-order valence-electron chi connectivity index (χ2n) is 6.52. The van der Waals surface area contributed by atoms with Gasteiger partial charge in [0.2, 0.25) is 0 Å². The van der Waals surface area contributed by atoms with E-state index in [1.165, 1.54) is 24.0 Å². The van der Waals surface area contributed by atoms with E-state index in [0.29, 0.717) is 6.04 Å². The number of nitrogens with one attached hydrogen (secondary N) is 1. The molecule has 0 radical (unpaired) electrons. The Hall–Kier alpha value is -1.60. The van der Waals surface area contributed by atoms with Gasteiger partial charge in [-0.1, -0.05) is 67.6 Å². The monoisotopic (exact) mass is 279 g/mol. The minimum Gasteiger partial charge on any atom is -0.311 e. The van der Waals surface area contributed by atoms with Crippen LogP contribution in [0.2, 0.25) is 0 Å². The summed E-state index contributed by atoms with van der Waals surface area (Å²) in [5.74, 6) is 0.900. The van der Waals surface area contributed by atoms with Gasteiger partial charge in [-0.25, -0.2) is 0 Å². The normalized spacial score (nSPS) is 21.2. The SMILES string of the molecule is CC1CC(NC(Cc2ccccc2)Cc2ccccc2)C1. The second kappa shape index (κ2) is 6.91. The molecule has 1 aliphatic carbocycles. The molecule has 1 fully saturated rings. The molecule has 2 aromatic rings. The molecule has 0 aromatic heterocycles. The lowest BCUT2D eigenvalue weighted by Crippen LogP contribution is -2.47. The molecule has 0 amide bonds. The fourth-order valence-corrected chi connectivity index (χ4v) is 3.36. The third-order valence-electron chi connectivity index (χ3n) is 4.50. The summed E-state index contributed by atoms with van der Waals surface area (Å²) in [6, 6.07) is 23.0. The van der Waals surface area contributed by atoms with Gasteiger partial charge in [-0.05, 0) is 42.7 Å². The lowest BCUT2D eigenvalue weighted by Gasteiger charge is -2.37. The van der Waals surface area contributed by atoms with Crippen molar-refractivity contribution >= 4 is 0 Å². The van der Waals surface area contributed by atoms with Crippen molar-refractivity contribution in [3.63, 3.8) is 0 Å². The van der Waals surface area contributed by atoms with Crippen LogP contribution in [-0.4, -0.2) is 12.1 Å². The van der Waals surface area contributed by atoms with E-state index >= 15 is 0 Å². The predicted octanol–water partition coefficient (Wildman–Crippen LogP) is 4.23. The number of hydrogen-bond acceptors (Lipinski definition) is 1. The average Bonchev–Trinajstić information content (AvgIpc) is 2.48. The van der Waals surface area contributed by atoms with Gasteiger partial charge in [0.15, 0.2) is 0 Å². The molecule has 0 atom stereocenters. The maximum Gasteiger partial charge on any atom is 0.0150 e. The zero-order valence-corrected chi connectivity index (χ0v) is 12.8. The topological polar surface area (TPSA) is 12.0 Å². The van der Waals surface area contributed by atoms with Gasteiger partial charge in [-0.15, -0.1) is 0 Å². The first-order valence-electron chi connectivity index (χ1n) is 8.13. The highest BCUT2D eigenvalue weighted by Gasteiger charge is 2.27. The van der Waals surface area contributed by atoms with Crippen molar-refractivity contribution in [2.24, 2.45) is 5.92 Å². The Kier molecular flexibility index (Phi) is 4.72. The molecule has 0 saturated heterocycles. The average molecular weight is 279 g/mol. The van der Waals surface area contributed by atoms with Crippen LogP contribution in [0, 0.1) is 5.92 Å². The summed E-state index contributed by atoms with van der Waals surface area (Å²) in [5.41, 5.74) is 2.86. The van der Waals surface area contributed by atoms with Crippen LogP contribution >= 0.6 is 0 Å². The Morgan fingerprint density at radius 1 is 0.857 bits per heavy atom. The van der Waals surface area contributed by atoms with Gasteiger partial charge in [0.25, 0.3) is 0 Å². The van der Waals surface area contributed by atoms with E-state index in [1.54, 1.807) is 0 Å². The van der Waals surface area contributed by atoms with Crippen LogP contribution in [0.15, 0.2) is 60.7 Å². The lowest BCUT2D eigenvalue weighted by molar-refractivity contribution is 0.220. The molecule has 1 saturated carbocycles. The summed E-state index contributed by atoms with van der Waals surface area (Å²) < 4.78 is 0. The van der Waals surface area contributed by atoms with E-state index < -0.39 is 0 Å². The highest BCUT2D eigenvalue weighted by atomic mass is 15.0. The fourth-order valence-electron chi connectivity index (χ4n) is 3.36. The highest BCUT2D eigenvalue weighted by molar-refractivity contribution is 5.20. The summed E-state index contributed by atoms with van der Waals surface area (Å²) in [6.07, 6.45) is 4.89. The number of benzene rings is 2. The molecule has 0 spiro atoms. The van der Waals surface area contributed by atoms with E-state index in [9.17, 15) is 0 Å². The van der Waals surface area contributed by atoms with Crippen molar-refractivity contribution in [3.05, 3.63) is 71.8 Å². The molecule has 0 heterocycles. The van der Waals surface area contributed by atoms with Crippen LogP contribution < -0.4 is 5.32 Å². The molecule has 1 heteroatoms. The first-order chi connectivity index (χ1) is 10.3. The van der Waals surface area contributed by atoms with E-state index in [1.807, 2.05) is 0 Å². The smallest absolute Gasteiger partial charge is 0.0150 e. The van der Waals surface area contributed by atoms with Gasteiger partial charge < -0.3 is 5.32 Å². The van der Waals surface area contributed by atoms with Crippen molar-refractivity contribution in [2.45, 2.75) is 44.7 Å². The Bertz CT molecular complexity index is 487. The second-order valence-corrected chi connectivity index (χ2v) is 6.52. The van der Waals surface area contributed by atoms with E-state index in [2.05, 4.69) is 72.9 Å². The fraction of sp³-hybridized carbons (Fsp3) is 0.400. The zero-order chi connectivity index (χ0) is 14.5. The standard InChI is InChI=1S/C20H25N/c1-16-12-19(13-16)21-20(14-17-8-4-2-5-9-17)15-18-10-6-3-7-11-18/h2-11,16,19-21H,12-15H2,1H3. The minimum absolute atomic E-state index is 0.535. The quantitative estimate of drug-likeness (QED) is 0.834. The third kappa shape index (κ3) is 4.18. The van der Waals surface area contributed by atoms with Crippen LogP contribution in [0.1, 0.15) is 30.9 Å². The minimum atomic E-state index is 0.535. The molecule has 3 rings (SSSR count). The van der Waals surface area contributed by atoms with Crippen LogP contribution in [-0.2, 0) is 12.8 Å². The summed E-state index contributed by atoms with van der Waals surface area (Å²) in [4.78, 5) is 0. The molecule has 0 aliphatic heterocycles. The van der Waals surface area contributed by atoms with E-state index in [0.717, 1.165) is 24.8 Å². The maximum absolute atomic E-state index is 3.88. The largest absolute Gasteiger partial charge is 0.311 e. The molecular formula is C20H25N. The van der Waals surface area contributed by atoms with Gasteiger partial charge in [0, 0.05) is 12.1 Å². The van der Waals surface area contributed by atoms with Gasteiger partial charge in [-0.3, -0.25) is 0 Å². The Morgan fingerprint density at radius 2 is 1.33 bits per heavy atom. The van der Waals surface area contributed by atoms with E-state index in [4.69, 9.17) is 0 Å². The molecule has 1 nitrogen and oxygen atoms in total. The molecule has 1 aliphatic rings. The molecule has 21 heavy (non-hydrogen) atoms. The van der Waals surface area contributed by atoms with Crippen LogP contribution in [0.5, 0.6) is 0 Å². The van der Waals surface area contributed by atoms with Crippen LogP contribution in [0.4, 0.5) is 0 Å². The van der Waals surface area contributed by atoms with Gasteiger partial charge in [0.05, 0.1) is 0 Å². The zero-order valence-electron chi connectivity index (χ0n) is 12.8. The Labute approximate surface area is 128 Å². The van der Waals surface area contributed by atoms with Crippen LogP contribution in [0.25, 0.3) is 0 Å². The maximum atomic E-state index is 3.88. The Balaban J connectivity index is 1.65. The first kappa shape index (κ1) is 14.3. The Morgan fingerprint density at radius 3 is 1.76 bits per heavy atom. The number of rotatable bonds is 6. The van der Waals surface area contributed by atoms with Gasteiger partial charge >= 0.3 is 0 Å². The summed E-state index contributed by atoms with van der Waals surface area (Å²) >= 11 is 0. The summed E-state index contributed by atoms with van der Waals surface area (Å²) in [5, 5.41) is 3.88.